The number of alkyl halides is 3. The Balaban J connectivity index is 2.38. The molecule has 0 amide bonds. The average Bonchev–Trinajstić information content (AvgIpc) is 2.72. The number of rotatable bonds is 6. The van der Waals surface area contributed by atoms with Crippen LogP contribution in [-0.2, 0) is 38.0 Å². The van der Waals surface area contributed by atoms with Gasteiger partial charge in [0.1, 0.15) is 6.10 Å². The van der Waals surface area contributed by atoms with Crippen molar-refractivity contribution < 1.29 is 38.0 Å². The Bertz CT molecular complexity index is 748. The molecule has 1 N–H and O–H groups in total. The third-order valence-electron chi connectivity index (χ3n) is 6.50. The van der Waals surface area contributed by atoms with E-state index in [-0.39, 0.29) is 23.9 Å². The number of ether oxygens (including phenoxy) is 6. The molecule has 0 radical (unpaired) electrons. The molecule has 2 heterocycles. The molecule has 2 saturated heterocycles. The van der Waals surface area contributed by atoms with Gasteiger partial charge in [0.2, 0.25) is 12.2 Å². The normalized spacial score (nSPS) is 38.6. The number of hydrogen-bond acceptors (Lipinski definition) is 9. The van der Waals surface area contributed by atoms with E-state index in [4.69, 9.17) is 68.6 Å². The summed E-state index contributed by atoms with van der Waals surface area (Å²) in [6.45, 7) is 12.2. The highest BCUT2D eigenvalue weighted by molar-refractivity contribution is 6.76. The van der Waals surface area contributed by atoms with Gasteiger partial charge in [-0.2, -0.15) is 0 Å². The van der Waals surface area contributed by atoms with Gasteiger partial charge in [-0.05, 0) is 19.3 Å². The molecule has 2 fully saturated rings. The largest absolute Gasteiger partial charge is 0.457 e. The summed E-state index contributed by atoms with van der Waals surface area (Å²) in [5.74, 6) is -2.02. The summed E-state index contributed by atoms with van der Waals surface area (Å²) in [4.78, 5) is 23.8. The maximum absolute atomic E-state index is 11.9. The predicted octanol–water partition coefficient (Wildman–Crippen LogP) is 4.39. The Labute approximate surface area is 215 Å². The van der Waals surface area contributed by atoms with Gasteiger partial charge in [0, 0.05) is 25.7 Å². The molecular weight excluding hydrogens is 513 g/mol. The molecule has 5 unspecified atom stereocenters. The van der Waals surface area contributed by atoms with Gasteiger partial charge in [-0.25, -0.2) is 0 Å². The molecule has 0 bridgehead atoms. The van der Waals surface area contributed by atoms with Crippen LogP contribution >= 0.6 is 34.8 Å². The molecule has 0 aromatic heterocycles. The van der Waals surface area contributed by atoms with Crippen LogP contribution in [0.5, 0.6) is 0 Å². The lowest BCUT2D eigenvalue weighted by Gasteiger charge is -2.48. The van der Waals surface area contributed by atoms with E-state index >= 15 is 0 Å². The van der Waals surface area contributed by atoms with Crippen molar-refractivity contribution in [2.24, 2.45) is 17.8 Å². The molecule has 0 aromatic carbocycles. The molecule has 0 aromatic rings. The molecule has 196 valence electrons. The van der Waals surface area contributed by atoms with Gasteiger partial charge < -0.3 is 28.4 Å². The highest BCUT2D eigenvalue weighted by Crippen LogP contribution is 2.39. The molecule has 0 aliphatic carbocycles. The molecule has 2 rings (SSSR count). The molecule has 9 nitrogen and oxygen atoms in total. The zero-order chi connectivity index (χ0) is 26.0. The van der Waals surface area contributed by atoms with Gasteiger partial charge in [0.25, 0.3) is 3.79 Å². The first-order valence-corrected chi connectivity index (χ1v) is 12.4. The zero-order valence-corrected chi connectivity index (χ0v) is 22.6. The summed E-state index contributed by atoms with van der Waals surface area (Å²) in [6.07, 6.45) is -4.65. The standard InChI is InChI=1S/C22H34Cl3NO8/c1-8-15-9(2)10(3)17(30-13(6)27)19(32-15)33-16-11(4)12(5)29-20(18(16)31-14(7)28)34-21(26)22(23,24)25/h9-12,15-20,26H,8H2,1-7H3/t9-,10?,11-,12?,15?,16-,17-,18?,19-,20?/m0/s1. The van der Waals surface area contributed by atoms with Gasteiger partial charge >= 0.3 is 11.9 Å². The van der Waals surface area contributed by atoms with E-state index in [1.807, 2.05) is 27.7 Å². The van der Waals surface area contributed by atoms with Crippen molar-refractivity contribution in [2.75, 3.05) is 0 Å². The Morgan fingerprint density at radius 2 is 1.38 bits per heavy atom. The van der Waals surface area contributed by atoms with Gasteiger partial charge in [-0.1, -0.05) is 62.5 Å². The van der Waals surface area contributed by atoms with Crippen molar-refractivity contribution >= 4 is 52.6 Å². The van der Waals surface area contributed by atoms with E-state index < -0.39 is 58.6 Å². The smallest absolute Gasteiger partial charge is 0.303 e. The van der Waals surface area contributed by atoms with Crippen molar-refractivity contribution in [1.29, 1.82) is 5.41 Å². The van der Waals surface area contributed by atoms with Crippen molar-refractivity contribution in [3.8, 4) is 0 Å². The number of esters is 2. The van der Waals surface area contributed by atoms with Crippen molar-refractivity contribution in [3.05, 3.63) is 0 Å². The SMILES string of the molecule is CCC1O[C@@H](O[C@@H]2C(OC(C)=O)C(OC(=N)C(Cl)(Cl)Cl)OC(C)[C@@H]2C)[C@@H](OC(C)=O)C(C)[C@@H]1C. The van der Waals surface area contributed by atoms with Crippen LogP contribution in [0.15, 0.2) is 0 Å². The monoisotopic (exact) mass is 545 g/mol. The number of carbonyl (C=O) groups excluding carboxylic acids is 2. The van der Waals surface area contributed by atoms with Crippen molar-refractivity contribution in [2.45, 2.75) is 102 Å². The first kappa shape index (κ1) is 29.4. The number of carbonyl (C=O) groups is 2. The second-order valence-corrected chi connectivity index (χ2v) is 11.2. The van der Waals surface area contributed by atoms with E-state index in [2.05, 4.69) is 0 Å². The van der Waals surface area contributed by atoms with Crippen LogP contribution in [0.4, 0.5) is 0 Å². The first-order valence-electron chi connectivity index (χ1n) is 11.3. The Kier molecular flexibility index (Phi) is 10.3. The summed E-state index contributed by atoms with van der Waals surface area (Å²) in [7, 11) is 0. The number of hydrogen-bond donors (Lipinski definition) is 1. The number of halogens is 3. The van der Waals surface area contributed by atoms with E-state index in [0.717, 1.165) is 6.42 Å². The summed E-state index contributed by atoms with van der Waals surface area (Å²) >= 11 is 17.3. The van der Waals surface area contributed by atoms with E-state index in [0.29, 0.717) is 0 Å². The first-order chi connectivity index (χ1) is 15.7. The quantitative estimate of drug-likeness (QED) is 0.226. The summed E-state index contributed by atoms with van der Waals surface area (Å²) < 4.78 is 32.9. The van der Waals surface area contributed by atoms with E-state index in [9.17, 15) is 9.59 Å². The van der Waals surface area contributed by atoms with E-state index in [1.165, 1.54) is 13.8 Å². The van der Waals surface area contributed by atoms with Gasteiger partial charge in [-0.15, -0.1) is 0 Å². The fourth-order valence-electron chi connectivity index (χ4n) is 4.27. The molecule has 34 heavy (non-hydrogen) atoms. The second-order valence-electron chi connectivity index (χ2n) is 8.93. The lowest BCUT2D eigenvalue weighted by molar-refractivity contribution is -0.334. The molecule has 0 spiro atoms. The summed E-state index contributed by atoms with van der Waals surface area (Å²) in [5, 5.41) is 7.93. The van der Waals surface area contributed by atoms with Crippen LogP contribution in [0.3, 0.4) is 0 Å². The topological polar surface area (TPSA) is 113 Å². The third kappa shape index (κ3) is 7.11. The summed E-state index contributed by atoms with van der Waals surface area (Å²) in [6, 6.07) is 0. The molecule has 12 heteroatoms. The number of nitrogens with one attached hydrogen (secondary N) is 1. The zero-order valence-electron chi connectivity index (χ0n) is 20.4. The Hall–Kier alpha value is -0.840. The third-order valence-corrected chi connectivity index (χ3v) is 7.01. The van der Waals surface area contributed by atoms with E-state index in [1.54, 1.807) is 6.92 Å². The van der Waals surface area contributed by atoms with Gasteiger partial charge in [0.15, 0.2) is 18.5 Å². The lowest BCUT2D eigenvalue weighted by Crippen LogP contribution is -2.60. The minimum absolute atomic E-state index is 0.0584. The average molecular weight is 547 g/mol. The van der Waals surface area contributed by atoms with Crippen LogP contribution in [0, 0.1) is 23.2 Å². The minimum atomic E-state index is -2.14. The van der Waals surface area contributed by atoms with Crippen LogP contribution in [-0.4, -0.2) is 64.7 Å². The molecule has 2 aliphatic rings. The molecule has 2 aliphatic heterocycles. The molecule has 10 atom stereocenters. The van der Waals surface area contributed by atoms with Crippen LogP contribution in [0.2, 0.25) is 0 Å². The van der Waals surface area contributed by atoms with Crippen LogP contribution < -0.4 is 0 Å². The Morgan fingerprint density at radius 3 is 1.88 bits per heavy atom. The Morgan fingerprint density at radius 1 is 0.824 bits per heavy atom. The van der Waals surface area contributed by atoms with Crippen LogP contribution in [0.1, 0.15) is 54.9 Å². The lowest BCUT2D eigenvalue weighted by atomic mass is 9.82. The van der Waals surface area contributed by atoms with Crippen molar-refractivity contribution in [1.82, 2.24) is 0 Å². The fourth-order valence-corrected chi connectivity index (χ4v) is 4.41. The fraction of sp³-hybridized carbons (Fsp3) is 0.864. The van der Waals surface area contributed by atoms with Gasteiger partial charge in [0.05, 0.1) is 12.2 Å². The highest BCUT2D eigenvalue weighted by Gasteiger charge is 2.52. The van der Waals surface area contributed by atoms with Crippen molar-refractivity contribution in [3.63, 3.8) is 0 Å². The second kappa shape index (κ2) is 11.9. The van der Waals surface area contributed by atoms with Crippen LogP contribution in [0.25, 0.3) is 0 Å². The predicted molar refractivity (Wildman–Crippen MR) is 126 cm³/mol. The maximum atomic E-state index is 11.9. The maximum Gasteiger partial charge on any atom is 0.303 e. The van der Waals surface area contributed by atoms with Gasteiger partial charge in [-0.3, -0.25) is 15.0 Å². The minimum Gasteiger partial charge on any atom is -0.457 e. The molecule has 0 saturated carbocycles. The highest BCUT2D eigenvalue weighted by atomic mass is 35.6. The molecular formula is C22H34Cl3NO8. The summed E-state index contributed by atoms with van der Waals surface area (Å²) in [5.41, 5.74) is 0.